The largest absolute Gasteiger partial charge is 0.506 e. The number of phenolic OH excluding ortho intramolecular Hbond substituents is 1. The van der Waals surface area contributed by atoms with Crippen molar-refractivity contribution >= 4 is 35.1 Å². The summed E-state index contributed by atoms with van der Waals surface area (Å²) >= 11 is 11.7. The van der Waals surface area contributed by atoms with Gasteiger partial charge in [-0.2, -0.15) is 0 Å². The number of benzene rings is 1. The van der Waals surface area contributed by atoms with Gasteiger partial charge in [0.25, 0.3) is 0 Å². The van der Waals surface area contributed by atoms with E-state index in [0.717, 1.165) is 0 Å². The first kappa shape index (κ1) is 16.6. The summed E-state index contributed by atoms with van der Waals surface area (Å²) < 4.78 is 4.84. The number of nitrogens with one attached hydrogen (secondary N) is 1. The third-order valence-electron chi connectivity index (χ3n) is 2.49. The highest BCUT2D eigenvalue weighted by molar-refractivity contribution is 6.35. The van der Waals surface area contributed by atoms with Crippen molar-refractivity contribution in [3.63, 3.8) is 0 Å². The molecule has 5 nitrogen and oxygen atoms in total. The van der Waals surface area contributed by atoms with E-state index in [1.807, 2.05) is 0 Å². The highest BCUT2D eigenvalue weighted by Crippen LogP contribution is 2.36. The first-order valence-electron chi connectivity index (χ1n) is 5.95. The molecule has 7 heteroatoms. The average molecular weight is 320 g/mol. The molecule has 0 aliphatic heterocycles. The van der Waals surface area contributed by atoms with Crippen LogP contribution < -0.4 is 5.32 Å². The molecule has 0 fully saturated rings. The Labute approximate surface area is 126 Å². The summed E-state index contributed by atoms with van der Waals surface area (Å²) in [5.74, 6) is -1.07. The second kappa shape index (κ2) is 7.36. The minimum Gasteiger partial charge on any atom is -0.506 e. The molecular formula is C13H15Cl2NO4. The molecule has 0 saturated heterocycles. The summed E-state index contributed by atoms with van der Waals surface area (Å²) in [6.45, 7) is 3.22. The van der Waals surface area contributed by atoms with Crippen LogP contribution in [-0.4, -0.2) is 23.6 Å². The van der Waals surface area contributed by atoms with Crippen LogP contribution in [-0.2, 0) is 14.3 Å². The van der Waals surface area contributed by atoms with Gasteiger partial charge >= 0.3 is 5.97 Å². The van der Waals surface area contributed by atoms with E-state index in [0.29, 0.717) is 5.02 Å². The molecule has 1 rings (SSSR count). The molecule has 0 aromatic heterocycles. The number of esters is 1. The van der Waals surface area contributed by atoms with Crippen LogP contribution in [0.3, 0.4) is 0 Å². The first-order chi connectivity index (χ1) is 9.35. The molecule has 0 saturated carbocycles. The fraction of sp³-hybridized carbons (Fsp3) is 0.385. The minimum absolute atomic E-state index is 0.0479. The van der Waals surface area contributed by atoms with Crippen molar-refractivity contribution in [3.05, 3.63) is 27.7 Å². The fourth-order valence-corrected chi connectivity index (χ4v) is 2.23. The summed E-state index contributed by atoms with van der Waals surface area (Å²) in [6, 6.07) is 2.06. The molecule has 1 unspecified atom stereocenters. The number of hydrogen-bond donors (Lipinski definition) is 2. The van der Waals surface area contributed by atoms with Crippen molar-refractivity contribution in [2.24, 2.45) is 0 Å². The van der Waals surface area contributed by atoms with Gasteiger partial charge in [0.1, 0.15) is 5.75 Å². The zero-order chi connectivity index (χ0) is 15.3. The predicted molar refractivity (Wildman–Crippen MR) is 75.9 cm³/mol. The molecular weight excluding hydrogens is 305 g/mol. The van der Waals surface area contributed by atoms with Crippen molar-refractivity contribution in [1.29, 1.82) is 0 Å². The van der Waals surface area contributed by atoms with Crippen LogP contribution in [0.5, 0.6) is 5.75 Å². The number of ether oxygens (including phenoxy) is 1. The number of carbonyl (C=O) groups excluding carboxylic acids is 2. The monoisotopic (exact) mass is 319 g/mol. The van der Waals surface area contributed by atoms with Gasteiger partial charge in [-0.15, -0.1) is 0 Å². The van der Waals surface area contributed by atoms with Crippen LogP contribution in [0, 0.1) is 0 Å². The van der Waals surface area contributed by atoms with E-state index in [9.17, 15) is 14.7 Å². The molecule has 110 valence electrons. The van der Waals surface area contributed by atoms with Gasteiger partial charge in [-0.25, -0.2) is 0 Å². The standard InChI is InChI=1S/C13H15Cl2NO4/c1-3-20-12(18)6-11(16-7(2)17)9-4-8(14)5-10(15)13(9)19/h4-5,11,19H,3,6H2,1-2H3,(H,16,17). The third kappa shape index (κ3) is 4.58. The summed E-state index contributed by atoms with van der Waals surface area (Å²) in [7, 11) is 0. The first-order valence-corrected chi connectivity index (χ1v) is 6.71. The van der Waals surface area contributed by atoms with Crippen molar-refractivity contribution < 1.29 is 19.4 Å². The van der Waals surface area contributed by atoms with Crippen LogP contribution in [0.25, 0.3) is 0 Å². The van der Waals surface area contributed by atoms with Gasteiger partial charge < -0.3 is 15.2 Å². The van der Waals surface area contributed by atoms with Crippen molar-refractivity contribution in [2.75, 3.05) is 6.61 Å². The van der Waals surface area contributed by atoms with Gasteiger partial charge in [-0.3, -0.25) is 9.59 Å². The van der Waals surface area contributed by atoms with Gasteiger partial charge in [0, 0.05) is 17.5 Å². The molecule has 0 heterocycles. The van der Waals surface area contributed by atoms with Gasteiger partial charge in [0.15, 0.2) is 0 Å². The Hall–Kier alpha value is -1.46. The maximum absolute atomic E-state index is 11.6. The third-order valence-corrected chi connectivity index (χ3v) is 2.99. The number of carbonyl (C=O) groups is 2. The summed E-state index contributed by atoms with van der Waals surface area (Å²) in [6.07, 6.45) is -0.127. The summed E-state index contributed by atoms with van der Waals surface area (Å²) in [5, 5.41) is 12.9. The van der Waals surface area contributed by atoms with E-state index in [4.69, 9.17) is 27.9 Å². The average Bonchev–Trinajstić information content (AvgIpc) is 2.32. The molecule has 1 aromatic rings. The molecule has 0 aliphatic carbocycles. The Kier molecular flexibility index (Phi) is 6.10. The van der Waals surface area contributed by atoms with E-state index in [1.165, 1.54) is 19.1 Å². The Morgan fingerprint density at radius 3 is 2.60 bits per heavy atom. The minimum atomic E-state index is -0.761. The second-order valence-corrected chi connectivity index (χ2v) is 4.93. The van der Waals surface area contributed by atoms with E-state index >= 15 is 0 Å². The summed E-state index contributed by atoms with van der Waals surface area (Å²) in [4.78, 5) is 22.8. The molecule has 0 spiro atoms. The van der Waals surface area contributed by atoms with Crippen LogP contribution >= 0.6 is 23.2 Å². The quantitative estimate of drug-likeness (QED) is 0.818. The maximum atomic E-state index is 11.6. The lowest BCUT2D eigenvalue weighted by atomic mass is 10.0. The van der Waals surface area contributed by atoms with E-state index in [-0.39, 0.29) is 35.3 Å². The van der Waals surface area contributed by atoms with Crippen molar-refractivity contribution in [1.82, 2.24) is 5.32 Å². The molecule has 0 bridgehead atoms. The van der Waals surface area contributed by atoms with Crippen molar-refractivity contribution in [2.45, 2.75) is 26.3 Å². The van der Waals surface area contributed by atoms with Gasteiger partial charge in [0.2, 0.25) is 5.91 Å². The zero-order valence-electron chi connectivity index (χ0n) is 11.1. The van der Waals surface area contributed by atoms with Gasteiger partial charge in [0.05, 0.1) is 24.1 Å². The number of halogens is 2. The van der Waals surface area contributed by atoms with Gasteiger partial charge in [-0.05, 0) is 19.1 Å². The normalized spacial score (nSPS) is 11.8. The number of amides is 1. The van der Waals surface area contributed by atoms with E-state index in [1.54, 1.807) is 6.92 Å². The highest BCUT2D eigenvalue weighted by atomic mass is 35.5. The van der Waals surface area contributed by atoms with Crippen LogP contribution in [0.1, 0.15) is 31.9 Å². The molecule has 2 N–H and O–H groups in total. The van der Waals surface area contributed by atoms with Crippen LogP contribution in [0.4, 0.5) is 0 Å². The molecule has 20 heavy (non-hydrogen) atoms. The Bertz CT molecular complexity index is 519. The van der Waals surface area contributed by atoms with E-state index < -0.39 is 12.0 Å². The topological polar surface area (TPSA) is 75.6 Å². The molecule has 1 amide bonds. The predicted octanol–water partition coefficient (Wildman–Crippen LogP) is 2.83. The van der Waals surface area contributed by atoms with Crippen LogP contribution in [0.15, 0.2) is 12.1 Å². The highest BCUT2D eigenvalue weighted by Gasteiger charge is 2.22. The fourth-order valence-electron chi connectivity index (χ4n) is 1.72. The molecule has 1 atom stereocenters. The SMILES string of the molecule is CCOC(=O)CC(NC(C)=O)c1cc(Cl)cc(Cl)c1O. The Morgan fingerprint density at radius 2 is 2.05 bits per heavy atom. The van der Waals surface area contributed by atoms with Crippen LogP contribution in [0.2, 0.25) is 10.0 Å². The van der Waals surface area contributed by atoms with Crippen molar-refractivity contribution in [3.8, 4) is 5.75 Å². The lowest BCUT2D eigenvalue weighted by Crippen LogP contribution is -2.28. The maximum Gasteiger partial charge on any atom is 0.308 e. The van der Waals surface area contributed by atoms with Gasteiger partial charge in [-0.1, -0.05) is 23.2 Å². The number of phenols is 1. The molecule has 0 radical (unpaired) electrons. The Morgan fingerprint density at radius 1 is 1.40 bits per heavy atom. The number of rotatable bonds is 5. The summed E-state index contributed by atoms with van der Waals surface area (Å²) in [5.41, 5.74) is 0.269. The second-order valence-electron chi connectivity index (χ2n) is 4.09. The smallest absolute Gasteiger partial charge is 0.308 e. The Balaban J connectivity index is 3.10. The zero-order valence-corrected chi connectivity index (χ0v) is 12.6. The number of hydrogen-bond acceptors (Lipinski definition) is 4. The lowest BCUT2D eigenvalue weighted by molar-refractivity contribution is -0.143. The lowest BCUT2D eigenvalue weighted by Gasteiger charge is -2.19. The molecule has 0 aliphatic rings. The number of aromatic hydroxyl groups is 1. The van der Waals surface area contributed by atoms with E-state index in [2.05, 4.69) is 5.32 Å². The molecule has 1 aromatic carbocycles.